The maximum atomic E-state index is 11.3. The first-order valence-corrected chi connectivity index (χ1v) is 5.70. The maximum absolute atomic E-state index is 11.3. The first-order valence-electron chi connectivity index (χ1n) is 3.36. The molecule has 5 heteroatoms. The van der Waals surface area contributed by atoms with Gasteiger partial charge in [-0.15, -0.1) is 0 Å². The number of sulfone groups is 1. The molecule has 1 aromatic carbocycles. The third-order valence-corrected chi connectivity index (χ3v) is 3.49. The molecule has 0 aliphatic carbocycles. The van der Waals surface area contributed by atoms with Crippen molar-refractivity contribution in [2.75, 3.05) is 0 Å². The Morgan fingerprint density at radius 2 is 2.08 bits per heavy atom. The lowest BCUT2D eigenvalue weighted by molar-refractivity contribution is 0.604. The average Bonchev–Trinajstić information content (AvgIpc) is 2.09. The van der Waals surface area contributed by atoms with Crippen LogP contribution in [0.1, 0.15) is 0 Å². The lowest BCUT2D eigenvalue weighted by Gasteiger charge is -2.00. The molecule has 0 unspecified atom stereocenters. The molecule has 3 nitrogen and oxygen atoms in total. The van der Waals surface area contributed by atoms with E-state index in [0.717, 1.165) is 5.41 Å². The highest BCUT2D eigenvalue weighted by atomic mass is 79.9. The summed E-state index contributed by atoms with van der Waals surface area (Å²) in [6.45, 7) is 3.21. The zero-order chi connectivity index (χ0) is 10.1. The SMILES string of the molecule is C=CS(=O)(=O)c1ccc([NH])c(Br)c1. The standard InChI is InChI=1S/C8H7BrNO2S/c1-2-13(11,12)6-3-4-8(10)7(9)5-6/h2-5,10H,1H2. The van der Waals surface area contributed by atoms with Gasteiger partial charge in [-0.05, 0) is 34.1 Å². The van der Waals surface area contributed by atoms with E-state index in [-0.39, 0.29) is 10.6 Å². The summed E-state index contributed by atoms with van der Waals surface area (Å²) >= 11 is 3.08. The van der Waals surface area contributed by atoms with E-state index in [1.165, 1.54) is 18.2 Å². The van der Waals surface area contributed by atoms with Crippen LogP contribution in [0.3, 0.4) is 0 Å². The second-order valence-electron chi connectivity index (χ2n) is 2.35. The van der Waals surface area contributed by atoms with Gasteiger partial charge in [0, 0.05) is 9.88 Å². The summed E-state index contributed by atoms with van der Waals surface area (Å²) < 4.78 is 23.0. The summed E-state index contributed by atoms with van der Waals surface area (Å²) in [5, 5.41) is 0.887. The monoisotopic (exact) mass is 260 g/mol. The number of hydrogen-bond acceptors (Lipinski definition) is 2. The molecule has 1 aromatic rings. The fourth-order valence-corrected chi connectivity index (χ4v) is 2.03. The topological polar surface area (TPSA) is 57.9 Å². The van der Waals surface area contributed by atoms with Gasteiger partial charge in [0.25, 0.3) is 0 Å². The van der Waals surface area contributed by atoms with Crippen molar-refractivity contribution in [2.24, 2.45) is 0 Å². The molecule has 0 aromatic heterocycles. The predicted octanol–water partition coefficient (Wildman–Crippen LogP) is 2.28. The lowest BCUT2D eigenvalue weighted by Crippen LogP contribution is -1.95. The van der Waals surface area contributed by atoms with Crippen molar-refractivity contribution < 1.29 is 8.42 Å². The van der Waals surface area contributed by atoms with Gasteiger partial charge in [0.2, 0.25) is 0 Å². The summed E-state index contributed by atoms with van der Waals surface area (Å²) in [5.41, 5.74) is 7.56. The van der Waals surface area contributed by atoms with E-state index in [1.807, 2.05) is 0 Å². The first-order chi connectivity index (χ1) is 5.97. The van der Waals surface area contributed by atoms with Crippen LogP contribution in [-0.4, -0.2) is 8.42 Å². The number of hydrogen-bond donors (Lipinski definition) is 0. The second-order valence-corrected chi connectivity index (χ2v) is 5.10. The van der Waals surface area contributed by atoms with E-state index in [9.17, 15) is 8.42 Å². The van der Waals surface area contributed by atoms with Gasteiger partial charge in [-0.2, -0.15) is 0 Å². The van der Waals surface area contributed by atoms with Crippen LogP contribution in [0.15, 0.2) is 39.6 Å². The molecule has 0 bridgehead atoms. The van der Waals surface area contributed by atoms with E-state index < -0.39 is 9.84 Å². The molecule has 0 saturated carbocycles. The third kappa shape index (κ3) is 2.10. The maximum Gasteiger partial charge on any atom is 0.199 e. The Kier molecular flexibility index (Phi) is 2.77. The molecule has 0 fully saturated rings. The average molecular weight is 261 g/mol. The molecule has 1 radical (unpaired) electrons. The second kappa shape index (κ2) is 3.51. The van der Waals surface area contributed by atoms with Gasteiger partial charge in [0.05, 0.1) is 10.6 Å². The minimum atomic E-state index is -3.39. The molecule has 0 aliphatic rings. The normalized spacial score (nSPS) is 11.2. The zero-order valence-corrected chi connectivity index (χ0v) is 9.02. The van der Waals surface area contributed by atoms with Crippen molar-refractivity contribution in [1.29, 1.82) is 0 Å². The Morgan fingerprint density at radius 1 is 1.46 bits per heavy atom. The summed E-state index contributed by atoms with van der Waals surface area (Å²) in [6, 6.07) is 4.18. The number of benzene rings is 1. The summed E-state index contributed by atoms with van der Waals surface area (Å²) in [4.78, 5) is 0.144. The van der Waals surface area contributed by atoms with Crippen LogP contribution in [0.4, 0.5) is 5.69 Å². The van der Waals surface area contributed by atoms with Crippen LogP contribution in [-0.2, 0) is 9.84 Å². The Bertz CT molecular complexity index is 439. The molecule has 1 N–H and O–H groups in total. The molecule has 69 valence electrons. The Morgan fingerprint density at radius 3 is 2.54 bits per heavy atom. The smallest absolute Gasteiger partial charge is 0.199 e. The minimum Gasteiger partial charge on any atom is -0.300 e. The van der Waals surface area contributed by atoms with E-state index in [4.69, 9.17) is 5.73 Å². The minimum absolute atomic E-state index is 0.144. The van der Waals surface area contributed by atoms with Crippen LogP contribution >= 0.6 is 15.9 Å². The molecule has 0 amide bonds. The molecular weight excluding hydrogens is 254 g/mol. The van der Waals surface area contributed by atoms with Crippen molar-refractivity contribution in [3.63, 3.8) is 0 Å². The van der Waals surface area contributed by atoms with Crippen molar-refractivity contribution in [2.45, 2.75) is 4.90 Å². The summed E-state index contributed by atoms with van der Waals surface area (Å²) in [6.07, 6.45) is 0. The fourth-order valence-electron chi connectivity index (χ4n) is 0.769. The van der Waals surface area contributed by atoms with Gasteiger partial charge < -0.3 is 0 Å². The lowest BCUT2D eigenvalue weighted by atomic mass is 10.3. The van der Waals surface area contributed by atoms with Gasteiger partial charge in [0.15, 0.2) is 9.84 Å². The van der Waals surface area contributed by atoms with Crippen LogP contribution in [0.2, 0.25) is 0 Å². The fraction of sp³-hybridized carbons (Fsp3) is 0. The molecule has 0 aliphatic heterocycles. The molecule has 0 saturated heterocycles. The Labute approximate surface area is 85.3 Å². The molecule has 0 atom stereocenters. The predicted molar refractivity (Wildman–Crippen MR) is 54.3 cm³/mol. The van der Waals surface area contributed by atoms with Crippen molar-refractivity contribution in [1.82, 2.24) is 5.73 Å². The largest absolute Gasteiger partial charge is 0.300 e. The summed E-state index contributed by atoms with van der Waals surface area (Å²) in [7, 11) is -3.39. The molecule has 13 heavy (non-hydrogen) atoms. The van der Waals surface area contributed by atoms with Crippen molar-refractivity contribution >= 4 is 31.5 Å². The Balaban J connectivity index is 3.35. The Hall–Kier alpha value is -0.810. The molecule has 0 heterocycles. The van der Waals surface area contributed by atoms with Crippen molar-refractivity contribution in [3.8, 4) is 0 Å². The van der Waals surface area contributed by atoms with E-state index >= 15 is 0 Å². The van der Waals surface area contributed by atoms with Gasteiger partial charge in [-0.1, -0.05) is 6.58 Å². The van der Waals surface area contributed by atoms with Gasteiger partial charge in [0.1, 0.15) is 0 Å². The number of rotatable bonds is 2. The third-order valence-electron chi connectivity index (χ3n) is 1.49. The van der Waals surface area contributed by atoms with Gasteiger partial charge in [-0.25, -0.2) is 8.42 Å². The van der Waals surface area contributed by atoms with E-state index in [0.29, 0.717) is 4.47 Å². The van der Waals surface area contributed by atoms with Gasteiger partial charge >= 0.3 is 0 Å². The highest BCUT2D eigenvalue weighted by Crippen LogP contribution is 2.24. The molecular formula is C8H7BrNO2S. The van der Waals surface area contributed by atoms with Crippen LogP contribution in [0.5, 0.6) is 0 Å². The molecule has 1 rings (SSSR count). The van der Waals surface area contributed by atoms with Crippen molar-refractivity contribution in [3.05, 3.63) is 34.7 Å². The number of halogens is 1. The van der Waals surface area contributed by atoms with E-state index in [1.54, 1.807) is 0 Å². The zero-order valence-electron chi connectivity index (χ0n) is 6.62. The van der Waals surface area contributed by atoms with Crippen LogP contribution in [0, 0.1) is 0 Å². The quantitative estimate of drug-likeness (QED) is 0.819. The molecule has 0 spiro atoms. The highest BCUT2D eigenvalue weighted by Gasteiger charge is 2.10. The highest BCUT2D eigenvalue weighted by molar-refractivity contribution is 9.10. The van der Waals surface area contributed by atoms with E-state index in [2.05, 4.69) is 22.5 Å². The summed E-state index contributed by atoms with van der Waals surface area (Å²) in [5.74, 6) is 0. The van der Waals surface area contributed by atoms with Crippen LogP contribution < -0.4 is 5.73 Å². The van der Waals surface area contributed by atoms with Crippen LogP contribution in [0.25, 0.3) is 0 Å². The van der Waals surface area contributed by atoms with Gasteiger partial charge in [-0.3, -0.25) is 5.73 Å². The number of nitrogens with one attached hydrogen (secondary N) is 1. The first kappa shape index (κ1) is 10.3.